The molecule has 132 valence electrons. The van der Waals surface area contributed by atoms with Crippen molar-refractivity contribution in [1.82, 2.24) is 9.21 Å². The molecule has 5 nitrogen and oxygen atoms in total. The van der Waals surface area contributed by atoms with Gasteiger partial charge >= 0.3 is 0 Å². The molecule has 0 aliphatic carbocycles. The standard InChI is InChI=1S/C14H21Cl2N3O2S.ClH/c1-14(2,17)10-18-5-7-19(8-6-18)22(20,21)11-3-4-12(15)13(16)9-11;/h3-4,9H,5-8,10,17H2,1-2H3;1H. The summed E-state index contributed by atoms with van der Waals surface area (Å²) in [5.41, 5.74) is 5.72. The Labute approximate surface area is 154 Å². The highest BCUT2D eigenvalue weighted by molar-refractivity contribution is 7.89. The SMILES string of the molecule is CC(C)(N)CN1CCN(S(=O)(=O)c2ccc(Cl)c(Cl)c2)CC1.Cl. The maximum atomic E-state index is 12.6. The van der Waals surface area contributed by atoms with Crippen molar-refractivity contribution in [3.8, 4) is 0 Å². The van der Waals surface area contributed by atoms with E-state index >= 15 is 0 Å². The molecule has 2 N–H and O–H groups in total. The molecule has 0 saturated carbocycles. The van der Waals surface area contributed by atoms with Crippen LogP contribution in [0.4, 0.5) is 0 Å². The number of halogens is 3. The Hall–Kier alpha value is -0.0800. The summed E-state index contributed by atoms with van der Waals surface area (Å²) in [6, 6.07) is 4.39. The first-order valence-corrected chi connectivity index (χ1v) is 9.26. The minimum atomic E-state index is -3.54. The van der Waals surface area contributed by atoms with Crippen LogP contribution in [0.5, 0.6) is 0 Å². The van der Waals surface area contributed by atoms with Crippen LogP contribution in [0.25, 0.3) is 0 Å². The summed E-state index contributed by atoms with van der Waals surface area (Å²) in [7, 11) is -3.54. The molecule has 0 aromatic heterocycles. The summed E-state index contributed by atoms with van der Waals surface area (Å²) in [4.78, 5) is 2.36. The molecule has 23 heavy (non-hydrogen) atoms. The molecule has 2 rings (SSSR count). The molecular weight excluding hydrogens is 381 g/mol. The van der Waals surface area contributed by atoms with Crippen molar-refractivity contribution in [3.63, 3.8) is 0 Å². The molecule has 0 spiro atoms. The van der Waals surface area contributed by atoms with E-state index in [1.54, 1.807) is 0 Å². The third kappa shape index (κ3) is 5.46. The Morgan fingerprint density at radius 2 is 1.70 bits per heavy atom. The van der Waals surface area contributed by atoms with E-state index in [9.17, 15) is 8.42 Å². The fraction of sp³-hybridized carbons (Fsp3) is 0.571. The van der Waals surface area contributed by atoms with Gasteiger partial charge in [-0.2, -0.15) is 4.31 Å². The predicted molar refractivity (Wildman–Crippen MR) is 97.2 cm³/mol. The third-order valence-electron chi connectivity index (χ3n) is 3.49. The summed E-state index contributed by atoms with van der Waals surface area (Å²) in [5, 5.41) is 0.585. The number of hydrogen-bond donors (Lipinski definition) is 1. The Morgan fingerprint density at radius 1 is 1.13 bits per heavy atom. The van der Waals surface area contributed by atoms with Crippen molar-refractivity contribution in [2.75, 3.05) is 32.7 Å². The van der Waals surface area contributed by atoms with Gasteiger partial charge in [0.2, 0.25) is 10.0 Å². The van der Waals surface area contributed by atoms with Gasteiger partial charge in [-0.05, 0) is 32.0 Å². The molecule has 1 aromatic carbocycles. The van der Waals surface area contributed by atoms with Gasteiger partial charge in [0.25, 0.3) is 0 Å². The number of benzene rings is 1. The van der Waals surface area contributed by atoms with Crippen LogP contribution < -0.4 is 5.73 Å². The fourth-order valence-electron chi connectivity index (χ4n) is 2.49. The molecule has 0 amide bonds. The van der Waals surface area contributed by atoms with Crippen LogP contribution in [0, 0.1) is 0 Å². The minimum absolute atomic E-state index is 0. The average Bonchev–Trinajstić information content (AvgIpc) is 2.40. The van der Waals surface area contributed by atoms with Crippen molar-refractivity contribution in [3.05, 3.63) is 28.2 Å². The van der Waals surface area contributed by atoms with Crippen LogP contribution in [0.1, 0.15) is 13.8 Å². The van der Waals surface area contributed by atoms with Crippen LogP contribution in [0.15, 0.2) is 23.1 Å². The summed E-state index contributed by atoms with van der Waals surface area (Å²) in [5.74, 6) is 0. The monoisotopic (exact) mass is 401 g/mol. The first-order chi connectivity index (χ1) is 10.1. The van der Waals surface area contributed by atoms with Crippen molar-refractivity contribution in [1.29, 1.82) is 0 Å². The van der Waals surface area contributed by atoms with E-state index in [1.807, 2.05) is 13.8 Å². The van der Waals surface area contributed by atoms with Crippen molar-refractivity contribution in [2.45, 2.75) is 24.3 Å². The Balaban J connectivity index is 0.00000264. The maximum Gasteiger partial charge on any atom is 0.243 e. The molecule has 1 fully saturated rings. The molecule has 1 aliphatic rings. The molecule has 0 radical (unpaired) electrons. The smallest absolute Gasteiger partial charge is 0.243 e. The van der Waals surface area contributed by atoms with E-state index in [1.165, 1.54) is 22.5 Å². The predicted octanol–water partition coefficient (Wildman–Crippen LogP) is 2.46. The summed E-state index contributed by atoms with van der Waals surface area (Å²) < 4.78 is 26.7. The lowest BCUT2D eigenvalue weighted by Gasteiger charge is -2.37. The van der Waals surface area contributed by atoms with E-state index < -0.39 is 10.0 Å². The van der Waals surface area contributed by atoms with Gasteiger partial charge in [0.15, 0.2) is 0 Å². The lowest BCUT2D eigenvalue weighted by atomic mass is 10.1. The van der Waals surface area contributed by atoms with Crippen molar-refractivity contribution < 1.29 is 8.42 Å². The number of sulfonamides is 1. The zero-order valence-electron chi connectivity index (χ0n) is 13.1. The van der Waals surface area contributed by atoms with Gasteiger partial charge in [-0.15, -0.1) is 12.4 Å². The molecule has 1 saturated heterocycles. The van der Waals surface area contributed by atoms with E-state index in [4.69, 9.17) is 28.9 Å². The van der Waals surface area contributed by atoms with Crippen molar-refractivity contribution >= 4 is 45.6 Å². The van der Waals surface area contributed by atoms with Gasteiger partial charge in [0, 0.05) is 38.3 Å². The first-order valence-electron chi connectivity index (χ1n) is 7.06. The second kappa shape index (κ2) is 7.87. The topological polar surface area (TPSA) is 66.6 Å². The Morgan fingerprint density at radius 3 is 2.17 bits per heavy atom. The maximum absolute atomic E-state index is 12.6. The van der Waals surface area contributed by atoms with Gasteiger partial charge in [-0.25, -0.2) is 8.42 Å². The number of rotatable bonds is 4. The number of nitrogens with zero attached hydrogens (tertiary/aromatic N) is 2. The highest BCUT2D eigenvalue weighted by atomic mass is 35.5. The normalized spacial score (nSPS) is 17.8. The van der Waals surface area contributed by atoms with Gasteiger partial charge in [0.05, 0.1) is 14.9 Å². The van der Waals surface area contributed by atoms with E-state index in [0.29, 0.717) is 31.2 Å². The van der Waals surface area contributed by atoms with Gasteiger partial charge in [0.1, 0.15) is 0 Å². The van der Waals surface area contributed by atoms with Crippen LogP contribution in [-0.2, 0) is 10.0 Å². The molecule has 1 heterocycles. The number of nitrogens with two attached hydrogens (primary N) is 1. The lowest BCUT2D eigenvalue weighted by Crippen LogP contribution is -2.53. The second-order valence-electron chi connectivity index (χ2n) is 6.24. The Kier molecular flexibility index (Phi) is 7.17. The fourth-order valence-corrected chi connectivity index (χ4v) is 4.30. The zero-order valence-corrected chi connectivity index (χ0v) is 16.3. The Bertz CT molecular complexity index is 639. The quantitative estimate of drug-likeness (QED) is 0.840. The van der Waals surface area contributed by atoms with Crippen LogP contribution in [0.3, 0.4) is 0 Å². The van der Waals surface area contributed by atoms with Crippen LogP contribution in [-0.4, -0.2) is 55.9 Å². The van der Waals surface area contributed by atoms with E-state index in [0.717, 1.165) is 6.54 Å². The summed E-state index contributed by atoms with van der Waals surface area (Å²) >= 11 is 11.8. The summed E-state index contributed by atoms with van der Waals surface area (Å²) in [6.45, 7) is 6.89. The molecule has 1 aromatic rings. The van der Waals surface area contributed by atoms with E-state index in [-0.39, 0.29) is 27.9 Å². The van der Waals surface area contributed by atoms with Gasteiger partial charge in [-0.3, -0.25) is 4.90 Å². The van der Waals surface area contributed by atoms with Crippen molar-refractivity contribution in [2.24, 2.45) is 5.73 Å². The van der Waals surface area contributed by atoms with E-state index in [2.05, 4.69) is 4.90 Å². The second-order valence-corrected chi connectivity index (χ2v) is 9.00. The van der Waals surface area contributed by atoms with Crippen LogP contribution in [0.2, 0.25) is 10.0 Å². The highest BCUT2D eigenvalue weighted by Gasteiger charge is 2.30. The van der Waals surface area contributed by atoms with Gasteiger partial charge < -0.3 is 5.73 Å². The first kappa shape index (κ1) is 21.0. The third-order valence-corrected chi connectivity index (χ3v) is 6.12. The zero-order chi connectivity index (χ0) is 16.5. The molecule has 9 heteroatoms. The molecule has 0 atom stereocenters. The lowest BCUT2D eigenvalue weighted by molar-refractivity contribution is 0.162. The largest absolute Gasteiger partial charge is 0.324 e. The highest BCUT2D eigenvalue weighted by Crippen LogP contribution is 2.27. The molecule has 1 aliphatic heterocycles. The average molecular weight is 403 g/mol. The molecular formula is C14H22Cl3N3O2S. The molecule has 0 bridgehead atoms. The number of piperazine rings is 1. The van der Waals surface area contributed by atoms with Gasteiger partial charge in [-0.1, -0.05) is 23.2 Å². The number of hydrogen-bond acceptors (Lipinski definition) is 4. The van der Waals surface area contributed by atoms with Crippen LogP contribution >= 0.6 is 35.6 Å². The minimum Gasteiger partial charge on any atom is -0.324 e. The summed E-state index contributed by atoms with van der Waals surface area (Å²) in [6.07, 6.45) is 0. The molecule has 0 unspecified atom stereocenters.